The Bertz CT molecular complexity index is 1340. The highest BCUT2D eigenvalue weighted by molar-refractivity contribution is 7.90. The van der Waals surface area contributed by atoms with E-state index in [0.29, 0.717) is 18.5 Å². The smallest absolute Gasteiger partial charge is 0.410 e. The van der Waals surface area contributed by atoms with Crippen molar-refractivity contribution in [3.63, 3.8) is 0 Å². The summed E-state index contributed by atoms with van der Waals surface area (Å²) in [4.78, 5) is 31.1. The first-order chi connectivity index (χ1) is 16.1. The van der Waals surface area contributed by atoms with Crippen LogP contribution in [0.2, 0.25) is 0 Å². The molecule has 1 aliphatic rings. The molecule has 1 aromatic carbocycles. The van der Waals surface area contributed by atoms with Crippen molar-refractivity contribution in [3.8, 4) is 16.9 Å². The maximum absolute atomic E-state index is 12.9. The highest BCUT2D eigenvalue weighted by Crippen LogP contribution is 2.22. The van der Waals surface area contributed by atoms with Crippen molar-refractivity contribution in [2.75, 3.05) is 25.1 Å². The van der Waals surface area contributed by atoms with E-state index in [9.17, 15) is 18.0 Å². The molecule has 1 atom stereocenters. The van der Waals surface area contributed by atoms with Gasteiger partial charge >= 0.3 is 6.09 Å². The molecule has 2 amide bonds. The third-order valence-corrected chi connectivity index (χ3v) is 6.57. The second-order valence-corrected chi connectivity index (χ2v) is 10.1. The minimum atomic E-state index is -3.33. The van der Waals surface area contributed by atoms with E-state index in [1.807, 2.05) is 6.20 Å². The molecule has 0 radical (unpaired) electrons. The summed E-state index contributed by atoms with van der Waals surface area (Å²) in [6.45, 7) is 0.663. The van der Waals surface area contributed by atoms with Gasteiger partial charge in [-0.2, -0.15) is 5.10 Å². The van der Waals surface area contributed by atoms with Crippen molar-refractivity contribution < 1.29 is 22.7 Å². The topological polar surface area (TPSA) is 150 Å². The van der Waals surface area contributed by atoms with Gasteiger partial charge in [0.2, 0.25) is 0 Å². The summed E-state index contributed by atoms with van der Waals surface area (Å²) in [5, 5.41) is 7.02. The molecule has 0 saturated carbocycles. The molecule has 0 aliphatic carbocycles. The Morgan fingerprint density at radius 2 is 1.91 bits per heavy atom. The van der Waals surface area contributed by atoms with E-state index in [1.165, 1.54) is 29.2 Å². The molecular weight excluding hydrogens is 460 g/mol. The Balaban J connectivity index is 1.36. The number of nitrogens with two attached hydrogens (primary N) is 1. The van der Waals surface area contributed by atoms with E-state index in [2.05, 4.69) is 15.4 Å². The molecule has 34 heavy (non-hydrogen) atoms. The predicted molar refractivity (Wildman–Crippen MR) is 124 cm³/mol. The zero-order chi connectivity index (χ0) is 24.5. The van der Waals surface area contributed by atoms with Gasteiger partial charge in [-0.15, -0.1) is 0 Å². The van der Waals surface area contributed by atoms with Crippen LogP contribution >= 0.6 is 0 Å². The Hall–Kier alpha value is -3.93. The molecule has 1 fully saturated rings. The van der Waals surface area contributed by atoms with Crippen molar-refractivity contribution >= 4 is 27.7 Å². The molecule has 178 valence electrons. The van der Waals surface area contributed by atoms with E-state index in [-0.39, 0.29) is 40.5 Å². The third kappa shape index (κ3) is 5.17. The molecule has 3 heterocycles. The lowest BCUT2D eigenvalue weighted by molar-refractivity contribution is 0.0937. The van der Waals surface area contributed by atoms with Crippen LogP contribution in [0.4, 0.5) is 10.6 Å². The van der Waals surface area contributed by atoms with Gasteiger partial charge in [-0.1, -0.05) is 0 Å². The molecule has 3 N–H and O–H groups in total. The molecule has 1 aliphatic heterocycles. The largest absolute Gasteiger partial charge is 0.415 e. The Morgan fingerprint density at radius 1 is 1.18 bits per heavy atom. The number of nitrogen functional groups attached to an aromatic ring is 1. The van der Waals surface area contributed by atoms with Gasteiger partial charge < -0.3 is 20.7 Å². The van der Waals surface area contributed by atoms with Crippen molar-refractivity contribution in [1.82, 2.24) is 25.0 Å². The van der Waals surface area contributed by atoms with Gasteiger partial charge in [0.15, 0.2) is 9.84 Å². The van der Waals surface area contributed by atoms with Crippen LogP contribution in [-0.2, 0) is 16.9 Å². The number of hydrogen-bond acceptors (Lipinski definition) is 8. The van der Waals surface area contributed by atoms with Gasteiger partial charge in [-0.25, -0.2) is 18.2 Å². The molecule has 12 heteroatoms. The zero-order valence-electron chi connectivity index (χ0n) is 18.6. The number of sulfone groups is 1. The van der Waals surface area contributed by atoms with Crippen molar-refractivity contribution in [2.45, 2.75) is 17.4 Å². The van der Waals surface area contributed by atoms with Crippen LogP contribution in [0.1, 0.15) is 16.8 Å². The maximum atomic E-state index is 12.9. The normalized spacial score (nSPS) is 15.8. The number of amides is 2. The zero-order valence-corrected chi connectivity index (χ0v) is 19.4. The average molecular weight is 485 g/mol. The summed E-state index contributed by atoms with van der Waals surface area (Å²) in [5.41, 5.74) is 7.70. The second-order valence-electron chi connectivity index (χ2n) is 8.08. The number of aromatic nitrogens is 3. The number of ether oxygens (including phenoxy) is 1. The van der Waals surface area contributed by atoms with Gasteiger partial charge in [0.1, 0.15) is 11.6 Å². The van der Waals surface area contributed by atoms with E-state index in [1.54, 1.807) is 30.2 Å². The standard InChI is InChI=1S/C22H24N6O5S/c1-27-12-15(11-25-27)14-9-19(20(23)24-10-14)21(29)26-16-7-8-28(13-16)22(30)33-17-3-5-18(6-4-17)34(2,31)32/h3-6,9-12,16H,7-8,13H2,1-2H3,(H2,23,24)(H,26,29)/t16-/m1/s1. The summed E-state index contributed by atoms with van der Waals surface area (Å²) in [6.07, 6.45) is 6.13. The lowest BCUT2D eigenvalue weighted by atomic mass is 10.1. The average Bonchev–Trinajstić information content (AvgIpc) is 3.43. The van der Waals surface area contributed by atoms with Gasteiger partial charge in [0, 0.05) is 56.0 Å². The quantitative estimate of drug-likeness (QED) is 0.553. The van der Waals surface area contributed by atoms with Gasteiger partial charge in [-0.05, 0) is 36.8 Å². The molecule has 3 aromatic rings. The van der Waals surface area contributed by atoms with E-state index >= 15 is 0 Å². The van der Waals surface area contributed by atoms with Gasteiger partial charge in [-0.3, -0.25) is 9.48 Å². The SMILES string of the molecule is Cn1cc(-c2cnc(N)c(C(=O)N[C@@H]3CCN(C(=O)Oc4ccc(S(C)(=O)=O)cc4)C3)c2)cn1. The predicted octanol–water partition coefficient (Wildman–Crippen LogP) is 1.47. The number of likely N-dealkylation sites (tertiary alicyclic amines) is 1. The molecule has 0 spiro atoms. The Labute approximate surface area is 196 Å². The van der Waals surface area contributed by atoms with Crippen molar-refractivity contribution in [1.29, 1.82) is 0 Å². The Kier molecular flexibility index (Phi) is 6.24. The van der Waals surface area contributed by atoms with Crippen LogP contribution < -0.4 is 15.8 Å². The molecule has 11 nitrogen and oxygen atoms in total. The van der Waals surface area contributed by atoms with Crippen LogP contribution in [0.15, 0.2) is 53.8 Å². The highest BCUT2D eigenvalue weighted by atomic mass is 32.2. The molecule has 4 rings (SSSR count). The fourth-order valence-corrected chi connectivity index (χ4v) is 4.24. The number of carbonyl (C=O) groups excluding carboxylic acids is 2. The molecule has 0 unspecified atom stereocenters. The van der Waals surface area contributed by atoms with Gasteiger partial charge in [0.05, 0.1) is 16.7 Å². The minimum absolute atomic E-state index is 0.108. The second kappa shape index (κ2) is 9.14. The first-order valence-electron chi connectivity index (χ1n) is 10.4. The van der Waals surface area contributed by atoms with Crippen LogP contribution in [0.25, 0.3) is 11.1 Å². The molecule has 2 aromatic heterocycles. The number of anilines is 1. The first kappa shape index (κ1) is 23.2. The lowest BCUT2D eigenvalue weighted by Crippen LogP contribution is -2.39. The van der Waals surface area contributed by atoms with Crippen LogP contribution in [0, 0.1) is 0 Å². The lowest BCUT2D eigenvalue weighted by Gasteiger charge is -2.17. The number of rotatable bonds is 5. The summed E-state index contributed by atoms with van der Waals surface area (Å²) < 4.78 is 30.1. The van der Waals surface area contributed by atoms with Crippen LogP contribution in [-0.4, -0.2) is 65.5 Å². The number of aryl methyl sites for hydroxylation is 1. The number of carbonyl (C=O) groups is 2. The number of nitrogens with one attached hydrogen (secondary N) is 1. The highest BCUT2D eigenvalue weighted by Gasteiger charge is 2.29. The maximum Gasteiger partial charge on any atom is 0.415 e. The third-order valence-electron chi connectivity index (χ3n) is 5.44. The van der Waals surface area contributed by atoms with E-state index in [0.717, 1.165) is 11.8 Å². The summed E-state index contributed by atoms with van der Waals surface area (Å²) >= 11 is 0. The number of benzene rings is 1. The summed E-state index contributed by atoms with van der Waals surface area (Å²) in [6, 6.07) is 6.99. The summed E-state index contributed by atoms with van der Waals surface area (Å²) in [7, 11) is -1.54. The number of nitrogens with zero attached hydrogens (tertiary/aromatic N) is 4. The number of hydrogen-bond donors (Lipinski definition) is 2. The molecular formula is C22H24N6O5S. The van der Waals surface area contributed by atoms with E-state index < -0.39 is 15.9 Å². The van der Waals surface area contributed by atoms with Gasteiger partial charge in [0.25, 0.3) is 5.91 Å². The fourth-order valence-electron chi connectivity index (χ4n) is 3.61. The number of pyridine rings is 1. The van der Waals surface area contributed by atoms with Crippen molar-refractivity contribution in [3.05, 3.63) is 54.5 Å². The monoisotopic (exact) mass is 484 g/mol. The van der Waals surface area contributed by atoms with E-state index in [4.69, 9.17) is 10.5 Å². The molecule has 0 bridgehead atoms. The summed E-state index contributed by atoms with van der Waals surface area (Å²) in [5.74, 6) is -0.0415. The van der Waals surface area contributed by atoms with Crippen LogP contribution in [0.5, 0.6) is 5.75 Å². The fraction of sp³-hybridized carbons (Fsp3) is 0.273. The molecule has 1 saturated heterocycles. The van der Waals surface area contributed by atoms with Crippen molar-refractivity contribution in [2.24, 2.45) is 7.05 Å². The Morgan fingerprint density at radius 3 is 2.56 bits per heavy atom. The van der Waals surface area contributed by atoms with Crippen LogP contribution in [0.3, 0.4) is 0 Å². The first-order valence-corrected chi connectivity index (χ1v) is 12.3. The minimum Gasteiger partial charge on any atom is -0.410 e.